The van der Waals surface area contributed by atoms with Gasteiger partial charge in [0, 0.05) is 17.1 Å². The van der Waals surface area contributed by atoms with E-state index in [-0.39, 0.29) is 11.5 Å². The number of amides is 1. The van der Waals surface area contributed by atoms with Crippen LogP contribution in [0, 0.1) is 6.92 Å². The van der Waals surface area contributed by atoms with Crippen molar-refractivity contribution in [2.24, 2.45) is 0 Å². The predicted octanol–water partition coefficient (Wildman–Crippen LogP) is 1.90. The molecule has 1 aromatic rings. The van der Waals surface area contributed by atoms with Crippen molar-refractivity contribution in [3.8, 4) is 0 Å². The lowest BCUT2D eigenvalue weighted by Crippen LogP contribution is -2.42. The summed E-state index contributed by atoms with van der Waals surface area (Å²) in [6, 6.07) is 4.93. The van der Waals surface area contributed by atoms with E-state index in [4.69, 9.17) is 16.3 Å². The number of hydrogen-bond donors (Lipinski definition) is 1. The van der Waals surface area contributed by atoms with Gasteiger partial charge in [-0.3, -0.25) is 4.79 Å². The smallest absolute Gasteiger partial charge is 0.331 e. The largest absolute Gasteiger partial charge is 0.449 e. The minimum absolute atomic E-state index is 0.0635. The Balaban J connectivity index is 1.85. The molecule has 0 spiro atoms. The van der Waals surface area contributed by atoms with Gasteiger partial charge in [0.1, 0.15) is 0 Å². The number of rotatable bonds is 5. The Morgan fingerprint density at radius 2 is 2.12 bits per heavy atom. The molecular formula is C17H20ClNO5S. The zero-order chi connectivity index (χ0) is 18.6. The number of nitrogens with one attached hydrogen (secondary N) is 1. The fraction of sp³-hybridized carbons (Fsp3) is 0.412. The minimum Gasteiger partial charge on any atom is -0.449 e. The summed E-state index contributed by atoms with van der Waals surface area (Å²) < 4.78 is 27.8. The van der Waals surface area contributed by atoms with Gasteiger partial charge < -0.3 is 10.1 Å². The van der Waals surface area contributed by atoms with Crippen molar-refractivity contribution in [3.05, 3.63) is 40.4 Å². The molecule has 1 heterocycles. The third kappa shape index (κ3) is 5.86. The van der Waals surface area contributed by atoms with Crippen molar-refractivity contribution in [1.82, 2.24) is 5.32 Å². The zero-order valence-electron chi connectivity index (χ0n) is 14.0. The minimum atomic E-state index is -3.08. The van der Waals surface area contributed by atoms with Gasteiger partial charge >= 0.3 is 5.97 Å². The molecule has 2 atom stereocenters. The molecule has 1 fully saturated rings. The van der Waals surface area contributed by atoms with Gasteiger partial charge in [0.2, 0.25) is 0 Å². The number of carbonyl (C=O) groups is 2. The summed E-state index contributed by atoms with van der Waals surface area (Å²) in [5.41, 5.74) is 1.67. The third-order valence-corrected chi connectivity index (χ3v) is 6.02. The summed E-state index contributed by atoms with van der Waals surface area (Å²) in [6.45, 7) is 3.31. The van der Waals surface area contributed by atoms with Crippen LogP contribution in [0.5, 0.6) is 0 Å². The highest BCUT2D eigenvalue weighted by atomic mass is 35.5. The maximum absolute atomic E-state index is 12.0. The van der Waals surface area contributed by atoms with E-state index < -0.39 is 33.9 Å². The molecule has 136 valence electrons. The van der Waals surface area contributed by atoms with Crippen LogP contribution >= 0.6 is 11.6 Å². The first-order chi connectivity index (χ1) is 11.7. The molecule has 1 N–H and O–H groups in total. The van der Waals surface area contributed by atoms with Gasteiger partial charge in [0.15, 0.2) is 15.9 Å². The van der Waals surface area contributed by atoms with E-state index in [2.05, 4.69) is 5.32 Å². The van der Waals surface area contributed by atoms with Gasteiger partial charge in [0.05, 0.1) is 11.5 Å². The molecule has 8 heteroatoms. The van der Waals surface area contributed by atoms with Crippen LogP contribution in [0.25, 0.3) is 6.08 Å². The molecule has 2 rings (SSSR count). The van der Waals surface area contributed by atoms with Crippen molar-refractivity contribution in [2.75, 3.05) is 11.5 Å². The average Bonchev–Trinajstić information content (AvgIpc) is 2.87. The molecular weight excluding hydrogens is 366 g/mol. The number of aryl methyl sites for hydroxylation is 1. The van der Waals surface area contributed by atoms with Crippen LogP contribution in [-0.2, 0) is 24.2 Å². The molecule has 1 aliphatic heterocycles. The van der Waals surface area contributed by atoms with E-state index in [1.54, 1.807) is 12.1 Å². The predicted molar refractivity (Wildman–Crippen MR) is 96.0 cm³/mol. The van der Waals surface area contributed by atoms with Crippen LogP contribution in [0.4, 0.5) is 0 Å². The highest BCUT2D eigenvalue weighted by molar-refractivity contribution is 7.91. The lowest BCUT2D eigenvalue weighted by Gasteiger charge is -2.15. The van der Waals surface area contributed by atoms with Crippen LogP contribution in [0.1, 0.15) is 24.5 Å². The number of benzene rings is 1. The Kier molecular flexibility index (Phi) is 6.24. The summed E-state index contributed by atoms with van der Waals surface area (Å²) >= 11 is 6.01. The first kappa shape index (κ1) is 19.5. The van der Waals surface area contributed by atoms with Crippen molar-refractivity contribution >= 4 is 39.4 Å². The molecule has 0 aromatic heterocycles. The van der Waals surface area contributed by atoms with E-state index in [1.165, 1.54) is 13.0 Å². The number of esters is 1. The fourth-order valence-electron chi connectivity index (χ4n) is 2.37. The second kappa shape index (κ2) is 8.01. The van der Waals surface area contributed by atoms with Crippen LogP contribution in [-0.4, -0.2) is 43.9 Å². The monoisotopic (exact) mass is 385 g/mol. The summed E-state index contributed by atoms with van der Waals surface area (Å²) in [6.07, 6.45) is 2.12. The normalized spacial score (nSPS) is 20.4. The number of sulfone groups is 1. The Morgan fingerprint density at radius 1 is 1.40 bits per heavy atom. The number of ether oxygens (including phenoxy) is 1. The van der Waals surface area contributed by atoms with E-state index in [0.29, 0.717) is 11.4 Å². The summed E-state index contributed by atoms with van der Waals surface area (Å²) in [5, 5.41) is 3.18. The third-order valence-electron chi connectivity index (χ3n) is 3.85. The molecule has 0 unspecified atom stereocenters. The van der Waals surface area contributed by atoms with Crippen LogP contribution < -0.4 is 5.32 Å². The van der Waals surface area contributed by atoms with Crippen molar-refractivity contribution in [3.63, 3.8) is 0 Å². The second-order valence-electron chi connectivity index (χ2n) is 6.03. The molecule has 0 bridgehead atoms. The zero-order valence-corrected chi connectivity index (χ0v) is 15.6. The van der Waals surface area contributed by atoms with E-state index >= 15 is 0 Å². The van der Waals surface area contributed by atoms with E-state index in [1.807, 2.05) is 19.1 Å². The highest BCUT2D eigenvalue weighted by Crippen LogP contribution is 2.17. The van der Waals surface area contributed by atoms with Gasteiger partial charge in [-0.25, -0.2) is 13.2 Å². The first-order valence-corrected chi connectivity index (χ1v) is 10.0. The number of carbonyl (C=O) groups excluding carboxylic acids is 2. The van der Waals surface area contributed by atoms with Gasteiger partial charge in [-0.15, -0.1) is 0 Å². The Labute approximate surface area is 152 Å². The fourth-order valence-corrected chi connectivity index (χ4v) is 4.23. The first-order valence-electron chi connectivity index (χ1n) is 7.82. The Hall–Kier alpha value is -1.86. The van der Waals surface area contributed by atoms with Crippen molar-refractivity contribution in [2.45, 2.75) is 32.4 Å². The van der Waals surface area contributed by atoms with Gasteiger partial charge in [0.25, 0.3) is 5.91 Å². The molecule has 6 nitrogen and oxygen atoms in total. The van der Waals surface area contributed by atoms with Crippen LogP contribution in [0.15, 0.2) is 24.3 Å². The lowest BCUT2D eigenvalue weighted by molar-refractivity contribution is -0.150. The molecule has 0 saturated carbocycles. The molecule has 0 aliphatic carbocycles. The van der Waals surface area contributed by atoms with Gasteiger partial charge in [-0.1, -0.05) is 23.7 Å². The molecule has 1 amide bonds. The van der Waals surface area contributed by atoms with Gasteiger partial charge in [-0.05, 0) is 43.5 Å². The summed E-state index contributed by atoms with van der Waals surface area (Å²) in [7, 11) is -3.08. The Morgan fingerprint density at radius 3 is 2.72 bits per heavy atom. The van der Waals surface area contributed by atoms with E-state index in [9.17, 15) is 18.0 Å². The van der Waals surface area contributed by atoms with Crippen LogP contribution in [0.2, 0.25) is 5.02 Å². The second-order valence-corrected chi connectivity index (χ2v) is 8.67. The van der Waals surface area contributed by atoms with E-state index in [0.717, 1.165) is 11.1 Å². The quantitative estimate of drug-likeness (QED) is 0.617. The topological polar surface area (TPSA) is 89.5 Å². The molecule has 0 radical (unpaired) electrons. The maximum atomic E-state index is 12.0. The Bertz CT molecular complexity index is 803. The SMILES string of the molecule is Cc1ccc(/C=C/C(=O)O[C@H](C)C(=O)N[C@@H]2CCS(=O)(=O)C2)cc1Cl. The summed E-state index contributed by atoms with van der Waals surface area (Å²) in [5.74, 6) is -1.19. The standard InChI is InChI=1S/C17H20ClNO5S/c1-11-3-4-13(9-15(11)18)5-6-16(20)24-12(2)17(21)19-14-7-8-25(22,23)10-14/h3-6,9,12,14H,7-8,10H2,1-2H3,(H,19,21)/b6-5+/t12-,14-/m1/s1. The van der Waals surface area contributed by atoms with Crippen molar-refractivity contribution < 1.29 is 22.7 Å². The summed E-state index contributed by atoms with van der Waals surface area (Å²) in [4.78, 5) is 23.8. The molecule has 25 heavy (non-hydrogen) atoms. The number of hydrogen-bond acceptors (Lipinski definition) is 5. The van der Waals surface area contributed by atoms with Crippen molar-refractivity contribution in [1.29, 1.82) is 0 Å². The molecule has 1 saturated heterocycles. The lowest BCUT2D eigenvalue weighted by atomic mass is 10.1. The number of halogens is 1. The maximum Gasteiger partial charge on any atom is 0.331 e. The molecule has 1 aromatic carbocycles. The van der Waals surface area contributed by atoms with Crippen LogP contribution in [0.3, 0.4) is 0 Å². The molecule has 1 aliphatic rings. The average molecular weight is 386 g/mol. The highest BCUT2D eigenvalue weighted by Gasteiger charge is 2.30. The van der Waals surface area contributed by atoms with Gasteiger partial charge in [-0.2, -0.15) is 0 Å².